The zero-order valence-corrected chi connectivity index (χ0v) is 12.8. The van der Waals surface area contributed by atoms with Gasteiger partial charge in [0.1, 0.15) is 0 Å². The van der Waals surface area contributed by atoms with Gasteiger partial charge in [-0.2, -0.15) is 0 Å². The molecule has 0 saturated heterocycles. The highest BCUT2D eigenvalue weighted by atomic mass is 16.6. The van der Waals surface area contributed by atoms with Crippen molar-refractivity contribution in [3.63, 3.8) is 0 Å². The number of carbonyl (C=O) groups is 1. The summed E-state index contributed by atoms with van der Waals surface area (Å²) >= 11 is 0. The first-order valence-electron chi connectivity index (χ1n) is 7.10. The minimum Gasteiger partial charge on any atom is -0.459 e. The van der Waals surface area contributed by atoms with Crippen LogP contribution in [0.3, 0.4) is 0 Å². The largest absolute Gasteiger partial charge is 0.459 e. The molecule has 0 aliphatic carbocycles. The number of benzene rings is 1. The standard InChI is InChI=1S/C18H17NO3/c1-18(2,3)13-8-6-12(7-9-13)11-14-17(20)22-16(19-14)15-5-4-10-21-15/h4-11H,1-3H3/b14-11+. The molecule has 2 heterocycles. The van der Waals surface area contributed by atoms with E-state index >= 15 is 0 Å². The van der Waals surface area contributed by atoms with E-state index in [0.29, 0.717) is 5.76 Å². The minimum absolute atomic E-state index is 0.0998. The van der Waals surface area contributed by atoms with Gasteiger partial charge < -0.3 is 9.15 Å². The van der Waals surface area contributed by atoms with E-state index in [1.165, 1.54) is 11.8 Å². The highest BCUT2D eigenvalue weighted by molar-refractivity contribution is 6.11. The molecular formula is C18H17NO3. The van der Waals surface area contributed by atoms with Gasteiger partial charge in [0.25, 0.3) is 5.90 Å². The molecule has 0 bridgehead atoms. The quantitative estimate of drug-likeness (QED) is 0.623. The molecule has 0 fully saturated rings. The van der Waals surface area contributed by atoms with Crippen LogP contribution in [0, 0.1) is 0 Å². The molecule has 2 aromatic rings. The number of nitrogens with zero attached hydrogens (tertiary/aromatic N) is 1. The third kappa shape index (κ3) is 2.86. The predicted octanol–water partition coefficient (Wildman–Crippen LogP) is 3.92. The van der Waals surface area contributed by atoms with Gasteiger partial charge >= 0.3 is 5.97 Å². The molecule has 1 aromatic carbocycles. The van der Waals surface area contributed by atoms with E-state index < -0.39 is 5.97 Å². The topological polar surface area (TPSA) is 51.8 Å². The van der Waals surface area contributed by atoms with E-state index in [9.17, 15) is 4.79 Å². The summed E-state index contributed by atoms with van der Waals surface area (Å²) < 4.78 is 10.3. The summed E-state index contributed by atoms with van der Waals surface area (Å²) in [5.74, 6) is 0.179. The van der Waals surface area contributed by atoms with Gasteiger partial charge in [-0.05, 0) is 34.8 Å². The van der Waals surface area contributed by atoms with Gasteiger partial charge in [-0.15, -0.1) is 0 Å². The van der Waals surface area contributed by atoms with Crippen LogP contribution < -0.4 is 0 Å². The van der Waals surface area contributed by atoms with Crippen molar-refractivity contribution in [2.75, 3.05) is 0 Å². The lowest BCUT2D eigenvalue weighted by Gasteiger charge is -2.18. The van der Waals surface area contributed by atoms with Crippen molar-refractivity contribution in [2.45, 2.75) is 26.2 Å². The maximum absolute atomic E-state index is 11.9. The number of hydrogen-bond acceptors (Lipinski definition) is 4. The fourth-order valence-corrected chi connectivity index (χ4v) is 2.15. The van der Waals surface area contributed by atoms with Crippen molar-refractivity contribution in [2.24, 2.45) is 4.99 Å². The van der Waals surface area contributed by atoms with Crippen LogP contribution in [0.5, 0.6) is 0 Å². The molecule has 0 spiro atoms. The Labute approximate surface area is 129 Å². The van der Waals surface area contributed by atoms with Crippen molar-refractivity contribution in [1.82, 2.24) is 0 Å². The van der Waals surface area contributed by atoms with Crippen molar-refractivity contribution >= 4 is 17.9 Å². The van der Waals surface area contributed by atoms with Gasteiger partial charge in [0.05, 0.1) is 6.26 Å². The van der Waals surface area contributed by atoms with Gasteiger partial charge in [-0.25, -0.2) is 9.79 Å². The number of furan rings is 1. The number of carbonyl (C=O) groups excluding carboxylic acids is 1. The number of cyclic esters (lactones) is 1. The summed E-state index contributed by atoms with van der Waals surface area (Å²) in [6.07, 6.45) is 3.23. The van der Waals surface area contributed by atoms with Crippen LogP contribution in [0.4, 0.5) is 0 Å². The van der Waals surface area contributed by atoms with Crippen molar-refractivity contribution < 1.29 is 13.9 Å². The number of esters is 1. The lowest BCUT2D eigenvalue weighted by molar-refractivity contribution is -0.130. The maximum Gasteiger partial charge on any atom is 0.363 e. The van der Waals surface area contributed by atoms with Gasteiger partial charge in [-0.1, -0.05) is 45.0 Å². The maximum atomic E-state index is 11.9. The molecular weight excluding hydrogens is 278 g/mol. The second-order valence-electron chi connectivity index (χ2n) is 6.19. The molecule has 3 rings (SSSR count). The van der Waals surface area contributed by atoms with Gasteiger partial charge in [0.15, 0.2) is 11.5 Å². The molecule has 1 aromatic heterocycles. The molecule has 0 saturated carbocycles. The first kappa shape index (κ1) is 14.3. The molecule has 4 nitrogen and oxygen atoms in total. The number of ether oxygens (including phenoxy) is 1. The van der Waals surface area contributed by atoms with Crippen molar-refractivity contribution in [1.29, 1.82) is 0 Å². The smallest absolute Gasteiger partial charge is 0.363 e. The highest BCUT2D eigenvalue weighted by Crippen LogP contribution is 2.24. The summed E-state index contributed by atoms with van der Waals surface area (Å²) in [5, 5.41) is 0. The average Bonchev–Trinajstić information content (AvgIpc) is 3.09. The first-order chi connectivity index (χ1) is 10.4. The molecule has 0 atom stereocenters. The number of rotatable bonds is 2. The van der Waals surface area contributed by atoms with Gasteiger partial charge in [0, 0.05) is 0 Å². The molecule has 22 heavy (non-hydrogen) atoms. The number of aliphatic imine (C=N–C) groups is 1. The van der Waals surface area contributed by atoms with Crippen LogP contribution in [-0.4, -0.2) is 11.9 Å². The van der Waals surface area contributed by atoms with Gasteiger partial charge in [0.2, 0.25) is 0 Å². The van der Waals surface area contributed by atoms with Crippen molar-refractivity contribution in [3.05, 3.63) is 65.2 Å². The second-order valence-corrected chi connectivity index (χ2v) is 6.19. The average molecular weight is 295 g/mol. The lowest BCUT2D eigenvalue weighted by atomic mass is 9.87. The third-order valence-corrected chi connectivity index (χ3v) is 3.43. The predicted molar refractivity (Wildman–Crippen MR) is 84.5 cm³/mol. The Morgan fingerprint density at radius 2 is 1.82 bits per heavy atom. The molecule has 1 aliphatic rings. The Morgan fingerprint density at radius 3 is 2.41 bits per heavy atom. The van der Waals surface area contributed by atoms with E-state index in [1.54, 1.807) is 18.2 Å². The minimum atomic E-state index is -0.466. The molecule has 112 valence electrons. The van der Waals surface area contributed by atoms with Crippen molar-refractivity contribution in [3.8, 4) is 0 Å². The molecule has 1 aliphatic heterocycles. The van der Waals surface area contributed by atoms with Crippen LogP contribution in [0.1, 0.15) is 37.7 Å². The third-order valence-electron chi connectivity index (χ3n) is 3.43. The van der Waals surface area contributed by atoms with E-state index in [-0.39, 0.29) is 17.0 Å². The summed E-state index contributed by atoms with van der Waals surface area (Å²) in [6, 6.07) is 11.5. The number of hydrogen-bond donors (Lipinski definition) is 0. The monoisotopic (exact) mass is 295 g/mol. The van der Waals surface area contributed by atoms with E-state index in [4.69, 9.17) is 9.15 Å². The SMILES string of the molecule is CC(C)(C)c1ccc(/C=C2/N=C(c3ccco3)OC2=O)cc1. The fraction of sp³-hybridized carbons (Fsp3) is 0.222. The van der Waals surface area contributed by atoms with E-state index in [1.807, 2.05) is 12.1 Å². The molecule has 0 amide bonds. The van der Waals surface area contributed by atoms with Crippen LogP contribution in [0.2, 0.25) is 0 Å². The fourth-order valence-electron chi connectivity index (χ4n) is 2.15. The van der Waals surface area contributed by atoms with E-state index in [0.717, 1.165) is 5.56 Å². The molecule has 0 unspecified atom stereocenters. The Kier molecular flexibility index (Phi) is 3.45. The van der Waals surface area contributed by atoms with Gasteiger partial charge in [-0.3, -0.25) is 0 Å². The Bertz CT molecular complexity index is 745. The second kappa shape index (κ2) is 5.30. The summed E-state index contributed by atoms with van der Waals surface area (Å²) in [5.41, 5.74) is 2.52. The molecule has 0 radical (unpaired) electrons. The Balaban J connectivity index is 1.87. The Hall–Kier alpha value is -2.62. The van der Waals surface area contributed by atoms with Crippen LogP contribution in [0.15, 0.2) is 57.8 Å². The zero-order valence-electron chi connectivity index (χ0n) is 12.8. The molecule has 0 N–H and O–H groups in total. The first-order valence-corrected chi connectivity index (χ1v) is 7.10. The summed E-state index contributed by atoms with van der Waals surface area (Å²) in [4.78, 5) is 16.1. The summed E-state index contributed by atoms with van der Waals surface area (Å²) in [6.45, 7) is 6.48. The molecule has 4 heteroatoms. The zero-order chi connectivity index (χ0) is 15.7. The Morgan fingerprint density at radius 1 is 1.09 bits per heavy atom. The van der Waals surface area contributed by atoms with Crippen LogP contribution in [-0.2, 0) is 14.9 Å². The highest BCUT2D eigenvalue weighted by Gasteiger charge is 2.25. The lowest BCUT2D eigenvalue weighted by Crippen LogP contribution is -2.10. The van der Waals surface area contributed by atoms with Crippen LogP contribution >= 0.6 is 0 Å². The van der Waals surface area contributed by atoms with E-state index in [2.05, 4.69) is 37.9 Å². The normalized spacial score (nSPS) is 16.8. The summed E-state index contributed by atoms with van der Waals surface area (Å²) in [7, 11) is 0. The van der Waals surface area contributed by atoms with Crippen LogP contribution in [0.25, 0.3) is 6.08 Å².